The van der Waals surface area contributed by atoms with E-state index in [0.717, 1.165) is 10.2 Å². The highest BCUT2D eigenvalue weighted by atomic mass is 35.5. The lowest BCUT2D eigenvalue weighted by atomic mass is 10.1. The Morgan fingerprint density at radius 3 is 2.56 bits per heavy atom. The first-order valence-electron chi connectivity index (χ1n) is 9.67. The van der Waals surface area contributed by atoms with Crippen molar-refractivity contribution < 1.29 is 13.7 Å². The van der Waals surface area contributed by atoms with Gasteiger partial charge < -0.3 is 9.84 Å². The quantitative estimate of drug-likeness (QED) is 0.461. The molecule has 0 saturated carbocycles. The van der Waals surface area contributed by atoms with Crippen molar-refractivity contribution in [2.24, 2.45) is 0 Å². The Morgan fingerprint density at radius 1 is 1.06 bits per heavy atom. The third-order valence-electron chi connectivity index (χ3n) is 4.57. The summed E-state index contributed by atoms with van der Waals surface area (Å²) in [6.45, 7) is 0.286. The smallest absolute Gasteiger partial charge is 0.316 e. The molecule has 2 aromatic carbocycles. The van der Waals surface area contributed by atoms with Crippen LogP contribution in [0.3, 0.4) is 0 Å². The lowest BCUT2D eigenvalue weighted by Gasteiger charge is -2.05. The first kappa shape index (κ1) is 21.4. The van der Waals surface area contributed by atoms with Gasteiger partial charge in [-0.3, -0.25) is 9.59 Å². The standard InChI is InChI=1S/C22H17ClFN5O3/c23-16-5-1-14(2-6-16)11-12-25-21(31)22-26-19(28-32-22)13-29-20(30)10-9-18(27-29)15-3-7-17(24)8-4-15/h1-10H,11-13H2,(H,25,31). The Morgan fingerprint density at radius 2 is 1.81 bits per heavy atom. The van der Waals surface area contributed by atoms with Crippen molar-refractivity contribution in [3.8, 4) is 11.3 Å². The molecule has 0 saturated heterocycles. The molecule has 32 heavy (non-hydrogen) atoms. The van der Waals surface area contributed by atoms with Gasteiger partial charge in [0, 0.05) is 23.2 Å². The van der Waals surface area contributed by atoms with Crippen molar-refractivity contribution >= 4 is 17.5 Å². The highest BCUT2D eigenvalue weighted by Gasteiger charge is 2.16. The fourth-order valence-electron chi connectivity index (χ4n) is 2.93. The van der Waals surface area contributed by atoms with Gasteiger partial charge in [-0.05, 0) is 54.4 Å². The molecule has 0 unspecified atom stereocenters. The van der Waals surface area contributed by atoms with E-state index in [4.69, 9.17) is 16.1 Å². The van der Waals surface area contributed by atoms with Crippen LogP contribution in [-0.4, -0.2) is 32.4 Å². The number of amides is 1. The first-order chi connectivity index (χ1) is 15.5. The van der Waals surface area contributed by atoms with Gasteiger partial charge >= 0.3 is 11.8 Å². The fraction of sp³-hybridized carbons (Fsp3) is 0.136. The van der Waals surface area contributed by atoms with Crippen molar-refractivity contribution in [1.29, 1.82) is 0 Å². The van der Waals surface area contributed by atoms with Gasteiger partial charge in [0.1, 0.15) is 12.4 Å². The van der Waals surface area contributed by atoms with E-state index in [1.165, 1.54) is 18.2 Å². The van der Waals surface area contributed by atoms with Crippen molar-refractivity contribution in [3.05, 3.63) is 99.1 Å². The highest BCUT2D eigenvalue weighted by molar-refractivity contribution is 6.30. The summed E-state index contributed by atoms with van der Waals surface area (Å²) in [5.41, 5.74) is 1.77. The zero-order chi connectivity index (χ0) is 22.5. The molecule has 1 N–H and O–H groups in total. The van der Waals surface area contributed by atoms with E-state index >= 15 is 0 Å². The Balaban J connectivity index is 1.39. The number of halogens is 2. The van der Waals surface area contributed by atoms with E-state index in [9.17, 15) is 14.0 Å². The first-order valence-corrected chi connectivity index (χ1v) is 10.0. The van der Waals surface area contributed by atoms with Crippen LogP contribution >= 0.6 is 11.6 Å². The zero-order valence-electron chi connectivity index (χ0n) is 16.7. The molecular weight excluding hydrogens is 437 g/mol. The molecule has 4 rings (SSSR count). The van der Waals surface area contributed by atoms with E-state index in [0.29, 0.717) is 29.2 Å². The summed E-state index contributed by atoms with van der Waals surface area (Å²) in [6, 6.07) is 16.0. The number of hydrogen-bond acceptors (Lipinski definition) is 6. The van der Waals surface area contributed by atoms with Crippen LogP contribution < -0.4 is 10.9 Å². The van der Waals surface area contributed by atoms with Crippen molar-refractivity contribution in [2.45, 2.75) is 13.0 Å². The molecule has 0 spiro atoms. The minimum atomic E-state index is -0.516. The number of hydrogen-bond donors (Lipinski definition) is 1. The average molecular weight is 454 g/mol. The molecule has 2 heterocycles. The van der Waals surface area contributed by atoms with Crippen molar-refractivity contribution in [3.63, 3.8) is 0 Å². The Hall–Kier alpha value is -3.85. The van der Waals surface area contributed by atoms with Crippen LogP contribution in [0.2, 0.25) is 5.02 Å². The minimum absolute atomic E-state index is 0.0879. The van der Waals surface area contributed by atoms with Crippen LogP contribution in [0, 0.1) is 5.82 Å². The number of carbonyl (C=O) groups excluding carboxylic acids is 1. The second-order valence-corrected chi connectivity index (χ2v) is 7.31. The van der Waals surface area contributed by atoms with Crippen LogP contribution in [0.15, 0.2) is 70.0 Å². The molecule has 0 aliphatic carbocycles. The molecule has 10 heteroatoms. The third kappa shape index (κ3) is 5.25. The highest BCUT2D eigenvalue weighted by Crippen LogP contribution is 2.15. The van der Waals surface area contributed by atoms with Gasteiger partial charge in [0.2, 0.25) is 0 Å². The maximum absolute atomic E-state index is 13.1. The third-order valence-corrected chi connectivity index (χ3v) is 4.82. The van der Waals surface area contributed by atoms with Crippen LogP contribution in [0.5, 0.6) is 0 Å². The number of rotatable bonds is 7. The summed E-state index contributed by atoms with van der Waals surface area (Å²) in [5, 5.41) is 11.4. The number of benzene rings is 2. The Kier molecular flexibility index (Phi) is 6.37. The van der Waals surface area contributed by atoms with Crippen molar-refractivity contribution in [1.82, 2.24) is 25.2 Å². The molecule has 0 radical (unpaired) electrons. The van der Waals surface area contributed by atoms with E-state index in [1.807, 2.05) is 12.1 Å². The molecule has 0 aliphatic rings. The molecule has 1 amide bonds. The number of aromatic nitrogens is 4. The molecule has 0 bridgehead atoms. The predicted octanol–water partition coefficient (Wildman–Crippen LogP) is 3.11. The average Bonchev–Trinajstić information content (AvgIpc) is 3.26. The van der Waals surface area contributed by atoms with Gasteiger partial charge in [0.05, 0.1) is 5.69 Å². The second kappa shape index (κ2) is 9.52. The molecule has 4 aromatic rings. The summed E-state index contributed by atoms with van der Waals surface area (Å²) in [6.07, 6.45) is 0.611. The number of nitrogens with one attached hydrogen (secondary N) is 1. The normalized spacial score (nSPS) is 10.8. The fourth-order valence-corrected chi connectivity index (χ4v) is 3.05. The van der Waals surface area contributed by atoms with Gasteiger partial charge in [0.15, 0.2) is 5.82 Å². The molecule has 0 fully saturated rings. The lowest BCUT2D eigenvalue weighted by molar-refractivity contribution is 0.0910. The van der Waals surface area contributed by atoms with Crippen LogP contribution in [0.4, 0.5) is 4.39 Å². The monoisotopic (exact) mass is 453 g/mol. The molecule has 8 nitrogen and oxygen atoms in total. The van der Waals surface area contributed by atoms with E-state index < -0.39 is 5.91 Å². The SMILES string of the molecule is O=C(NCCc1ccc(Cl)cc1)c1nc(Cn2nc(-c3ccc(F)cc3)ccc2=O)no1. The van der Waals surface area contributed by atoms with Gasteiger partial charge in [-0.1, -0.05) is 28.9 Å². The van der Waals surface area contributed by atoms with Gasteiger partial charge in [-0.25, -0.2) is 9.07 Å². The maximum Gasteiger partial charge on any atom is 0.316 e. The molecule has 2 aromatic heterocycles. The summed E-state index contributed by atoms with van der Waals surface area (Å²) < 4.78 is 19.3. The summed E-state index contributed by atoms with van der Waals surface area (Å²) >= 11 is 5.85. The van der Waals surface area contributed by atoms with E-state index in [-0.39, 0.29) is 29.6 Å². The zero-order valence-corrected chi connectivity index (χ0v) is 17.4. The molecule has 0 aliphatic heterocycles. The van der Waals surface area contributed by atoms with Crippen LogP contribution in [-0.2, 0) is 13.0 Å². The number of nitrogens with zero attached hydrogens (tertiary/aromatic N) is 4. The largest absolute Gasteiger partial charge is 0.347 e. The number of carbonyl (C=O) groups is 1. The van der Waals surface area contributed by atoms with Gasteiger partial charge in [-0.2, -0.15) is 10.1 Å². The minimum Gasteiger partial charge on any atom is -0.347 e. The van der Waals surface area contributed by atoms with Crippen molar-refractivity contribution in [2.75, 3.05) is 6.54 Å². The van der Waals surface area contributed by atoms with Gasteiger partial charge in [0.25, 0.3) is 5.56 Å². The van der Waals surface area contributed by atoms with Crippen LogP contribution in [0.1, 0.15) is 22.1 Å². The summed E-state index contributed by atoms with van der Waals surface area (Å²) in [5.74, 6) is -0.969. The maximum atomic E-state index is 13.1. The molecular formula is C22H17ClFN5O3. The molecule has 0 atom stereocenters. The second-order valence-electron chi connectivity index (χ2n) is 6.87. The predicted molar refractivity (Wildman–Crippen MR) is 115 cm³/mol. The summed E-state index contributed by atoms with van der Waals surface area (Å²) in [4.78, 5) is 28.5. The Labute approximate surface area is 186 Å². The summed E-state index contributed by atoms with van der Waals surface area (Å²) in [7, 11) is 0. The lowest BCUT2D eigenvalue weighted by Crippen LogP contribution is -2.26. The molecule has 162 valence electrons. The van der Waals surface area contributed by atoms with E-state index in [1.54, 1.807) is 30.3 Å². The Bertz CT molecular complexity index is 1290. The van der Waals surface area contributed by atoms with E-state index in [2.05, 4.69) is 20.6 Å². The van der Waals surface area contributed by atoms with Gasteiger partial charge in [-0.15, -0.1) is 0 Å². The topological polar surface area (TPSA) is 103 Å². The van der Waals surface area contributed by atoms with Crippen LogP contribution in [0.25, 0.3) is 11.3 Å².